The highest BCUT2D eigenvalue weighted by Gasteiger charge is 2.21. The minimum atomic E-state index is 0.729. The van der Waals surface area contributed by atoms with Gasteiger partial charge in [0.05, 0.1) is 17.9 Å². The van der Waals surface area contributed by atoms with Crippen molar-refractivity contribution in [2.24, 2.45) is 0 Å². The smallest absolute Gasteiger partial charge is 0.193 e. The summed E-state index contributed by atoms with van der Waals surface area (Å²) in [6.07, 6.45) is 6.77. The number of thiazole rings is 1. The van der Waals surface area contributed by atoms with Gasteiger partial charge in [-0.05, 0) is 26.7 Å². The van der Waals surface area contributed by atoms with E-state index in [4.69, 9.17) is 0 Å². The summed E-state index contributed by atoms with van der Waals surface area (Å²) in [5.41, 5.74) is 4.77. The first kappa shape index (κ1) is 13.0. The number of nitrogens with zero attached hydrogens (tertiary/aromatic N) is 4. The van der Waals surface area contributed by atoms with E-state index in [9.17, 15) is 0 Å². The van der Waals surface area contributed by atoms with Crippen LogP contribution in [0.2, 0.25) is 0 Å². The third kappa shape index (κ3) is 2.49. The average Bonchev–Trinajstić information content (AvgIpc) is 2.95. The minimum Gasteiger partial charge on any atom is -0.310 e. The summed E-state index contributed by atoms with van der Waals surface area (Å²) in [6.45, 7) is 5.92. The van der Waals surface area contributed by atoms with Gasteiger partial charge < -0.3 is 5.32 Å². The van der Waals surface area contributed by atoms with Crippen LogP contribution in [0.15, 0.2) is 17.8 Å². The maximum Gasteiger partial charge on any atom is 0.193 e. The Balaban J connectivity index is 1.56. The number of hydrogen-bond donors (Lipinski definition) is 1. The molecule has 1 saturated carbocycles. The van der Waals surface area contributed by atoms with Crippen LogP contribution in [0.4, 0.5) is 0 Å². The van der Waals surface area contributed by atoms with E-state index < -0.39 is 0 Å². The average molecular weight is 301 g/mol. The quantitative estimate of drug-likeness (QED) is 0.787. The lowest BCUT2D eigenvalue weighted by Gasteiger charge is -2.05. The first-order chi connectivity index (χ1) is 10.2. The Morgan fingerprint density at radius 2 is 2.24 bits per heavy atom. The van der Waals surface area contributed by atoms with Crippen molar-refractivity contribution in [3.63, 3.8) is 0 Å². The van der Waals surface area contributed by atoms with Crippen LogP contribution in [0, 0.1) is 13.8 Å². The number of aryl methyl sites for hydroxylation is 1. The largest absolute Gasteiger partial charge is 0.310 e. The molecular weight excluding hydrogens is 282 g/mol. The maximum atomic E-state index is 4.69. The first-order valence-electron chi connectivity index (χ1n) is 7.38. The van der Waals surface area contributed by atoms with Crippen LogP contribution in [0.5, 0.6) is 0 Å². The molecule has 110 valence electrons. The fourth-order valence-corrected chi connectivity index (χ4v) is 3.40. The normalized spacial score (nSPS) is 15.1. The van der Waals surface area contributed by atoms with Crippen LogP contribution in [-0.4, -0.2) is 25.2 Å². The van der Waals surface area contributed by atoms with Crippen LogP contribution in [0.1, 0.15) is 35.5 Å². The SMILES string of the molecule is Cc1nn(Cc2cn3ccsc3n2)c(C)c1CNC1CC1. The molecular formula is C15H19N5S. The van der Waals surface area contributed by atoms with Crippen LogP contribution >= 0.6 is 11.3 Å². The van der Waals surface area contributed by atoms with Crippen molar-refractivity contribution in [3.05, 3.63) is 40.4 Å². The van der Waals surface area contributed by atoms with E-state index >= 15 is 0 Å². The fraction of sp³-hybridized carbons (Fsp3) is 0.467. The Hall–Kier alpha value is -1.66. The van der Waals surface area contributed by atoms with Crippen LogP contribution < -0.4 is 5.32 Å². The summed E-state index contributed by atoms with van der Waals surface area (Å²) in [4.78, 5) is 5.68. The summed E-state index contributed by atoms with van der Waals surface area (Å²) in [5, 5.41) is 10.3. The molecule has 3 heterocycles. The highest BCUT2D eigenvalue weighted by molar-refractivity contribution is 7.15. The Labute approximate surface area is 127 Å². The lowest BCUT2D eigenvalue weighted by atomic mass is 10.2. The zero-order valence-electron chi connectivity index (χ0n) is 12.3. The predicted molar refractivity (Wildman–Crippen MR) is 83.7 cm³/mol. The zero-order valence-corrected chi connectivity index (χ0v) is 13.2. The van der Waals surface area contributed by atoms with Gasteiger partial charge in [-0.25, -0.2) is 4.98 Å². The molecule has 0 amide bonds. The lowest BCUT2D eigenvalue weighted by molar-refractivity contribution is 0.644. The van der Waals surface area contributed by atoms with Crippen LogP contribution in [-0.2, 0) is 13.1 Å². The molecule has 3 aromatic heterocycles. The van der Waals surface area contributed by atoms with E-state index in [2.05, 4.69) is 49.9 Å². The summed E-state index contributed by atoms with van der Waals surface area (Å²) >= 11 is 1.66. The highest BCUT2D eigenvalue weighted by Crippen LogP contribution is 2.21. The monoisotopic (exact) mass is 301 g/mol. The Bertz CT molecular complexity index is 749. The molecule has 0 unspecified atom stereocenters. The molecule has 0 spiro atoms. The molecule has 0 saturated heterocycles. The third-order valence-corrected chi connectivity index (χ3v) is 4.90. The molecule has 1 aliphatic rings. The molecule has 21 heavy (non-hydrogen) atoms. The number of imidazole rings is 1. The lowest BCUT2D eigenvalue weighted by Crippen LogP contribution is -2.16. The molecule has 1 N–H and O–H groups in total. The molecule has 0 bridgehead atoms. The molecule has 1 aliphatic carbocycles. The van der Waals surface area contributed by atoms with E-state index in [-0.39, 0.29) is 0 Å². The standard InChI is InChI=1S/C15H19N5S/c1-10-14(7-16-12-3-4-12)11(2)20(18-10)9-13-8-19-5-6-21-15(19)17-13/h5-6,8,12,16H,3-4,7,9H2,1-2H3. The van der Waals surface area contributed by atoms with Gasteiger partial charge in [0, 0.05) is 41.6 Å². The second kappa shape index (κ2) is 4.96. The van der Waals surface area contributed by atoms with Gasteiger partial charge in [-0.1, -0.05) is 0 Å². The minimum absolute atomic E-state index is 0.729. The van der Waals surface area contributed by atoms with E-state index in [0.29, 0.717) is 0 Å². The van der Waals surface area contributed by atoms with Crippen molar-refractivity contribution in [2.45, 2.75) is 45.8 Å². The second-order valence-electron chi connectivity index (χ2n) is 5.79. The first-order valence-corrected chi connectivity index (χ1v) is 8.26. The Kier molecular flexibility index (Phi) is 3.08. The number of rotatable bonds is 5. The van der Waals surface area contributed by atoms with Gasteiger partial charge in [-0.15, -0.1) is 11.3 Å². The molecule has 4 rings (SSSR count). The Morgan fingerprint density at radius 1 is 1.38 bits per heavy atom. The van der Waals surface area contributed by atoms with Crippen LogP contribution in [0.25, 0.3) is 4.96 Å². The molecule has 1 fully saturated rings. The predicted octanol–water partition coefficient (Wildman–Crippen LogP) is 2.51. The summed E-state index contributed by atoms with van der Waals surface area (Å²) in [7, 11) is 0. The van der Waals surface area contributed by atoms with E-state index in [1.807, 2.05) is 6.20 Å². The third-order valence-electron chi connectivity index (χ3n) is 4.13. The summed E-state index contributed by atoms with van der Waals surface area (Å²) in [6, 6.07) is 0.729. The fourth-order valence-electron chi connectivity index (χ4n) is 2.68. The van der Waals surface area contributed by atoms with Crippen molar-refractivity contribution in [1.82, 2.24) is 24.5 Å². The van der Waals surface area contributed by atoms with Crippen molar-refractivity contribution >= 4 is 16.3 Å². The summed E-state index contributed by atoms with van der Waals surface area (Å²) in [5.74, 6) is 0. The Morgan fingerprint density at radius 3 is 3.00 bits per heavy atom. The number of hydrogen-bond acceptors (Lipinski definition) is 4. The molecule has 5 nitrogen and oxygen atoms in total. The van der Waals surface area contributed by atoms with E-state index in [1.165, 1.54) is 24.1 Å². The van der Waals surface area contributed by atoms with Crippen molar-refractivity contribution < 1.29 is 0 Å². The van der Waals surface area contributed by atoms with E-state index in [0.717, 1.165) is 35.5 Å². The number of aromatic nitrogens is 4. The van der Waals surface area contributed by atoms with E-state index in [1.54, 1.807) is 11.3 Å². The molecule has 0 aliphatic heterocycles. The van der Waals surface area contributed by atoms with Crippen molar-refractivity contribution in [1.29, 1.82) is 0 Å². The van der Waals surface area contributed by atoms with Crippen molar-refractivity contribution in [2.75, 3.05) is 0 Å². The maximum absolute atomic E-state index is 4.69. The second-order valence-corrected chi connectivity index (χ2v) is 6.66. The van der Waals surface area contributed by atoms with Gasteiger partial charge in [0.2, 0.25) is 0 Å². The molecule has 6 heteroatoms. The molecule has 3 aromatic rings. The number of fused-ring (bicyclic) bond motifs is 1. The summed E-state index contributed by atoms with van der Waals surface area (Å²) < 4.78 is 4.15. The number of nitrogens with one attached hydrogen (secondary N) is 1. The molecule has 0 atom stereocenters. The highest BCUT2D eigenvalue weighted by atomic mass is 32.1. The van der Waals surface area contributed by atoms with Crippen LogP contribution in [0.3, 0.4) is 0 Å². The van der Waals surface area contributed by atoms with Gasteiger partial charge in [0.1, 0.15) is 0 Å². The zero-order chi connectivity index (χ0) is 14.4. The van der Waals surface area contributed by atoms with Gasteiger partial charge in [-0.2, -0.15) is 5.10 Å². The van der Waals surface area contributed by atoms with Gasteiger partial charge in [0.25, 0.3) is 0 Å². The van der Waals surface area contributed by atoms with Gasteiger partial charge in [0.15, 0.2) is 4.96 Å². The van der Waals surface area contributed by atoms with Gasteiger partial charge in [-0.3, -0.25) is 9.08 Å². The topological polar surface area (TPSA) is 47.2 Å². The molecule has 0 radical (unpaired) electrons. The van der Waals surface area contributed by atoms with Gasteiger partial charge >= 0.3 is 0 Å². The van der Waals surface area contributed by atoms with Crippen molar-refractivity contribution in [3.8, 4) is 0 Å². The molecule has 0 aromatic carbocycles.